The lowest BCUT2D eigenvalue weighted by Gasteiger charge is -2.46. The summed E-state index contributed by atoms with van der Waals surface area (Å²) in [6, 6.07) is 3.33. The minimum atomic E-state index is -1.72. The molecule has 0 amide bonds. The highest BCUT2D eigenvalue weighted by molar-refractivity contribution is 9.09. The van der Waals surface area contributed by atoms with Gasteiger partial charge in [-0.15, -0.1) is 0 Å². The van der Waals surface area contributed by atoms with Crippen molar-refractivity contribution >= 4 is 24.2 Å². The summed E-state index contributed by atoms with van der Waals surface area (Å²) in [6.45, 7) is 9.06. The summed E-state index contributed by atoms with van der Waals surface area (Å²) in [5.41, 5.74) is -0.335. The Bertz CT molecular complexity index is 334. The standard InChI is InChI=1S/C14H27BrO4Si/c1-5-20(6-2,7-3)19-12-11(8-15)18-13(4,16)9-14(12)10-17-14/h11-12,16H,5-10H2,1-4H3/t11-,12-,13+,14-/m1/s1. The molecule has 0 aliphatic carbocycles. The monoisotopic (exact) mass is 366 g/mol. The fourth-order valence-corrected chi connectivity index (χ4v) is 6.73. The maximum absolute atomic E-state index is 10.3. The zero-order valence-electron chi connectivity index (χ0n) is 12.9. The summed E-state index contributed by atoms with van der Waals surface area (Å²) in [4.78, 5) is 0. The number of alkyl halides is 1. The number of epoxide rings is 1. The van der Waals surface area contributed by atoms with E-state index in [4.69, 9.17) is 13.9 Å². The van der Waals surface area contributed by atoms with E-state index in [2.05, 4.69) is 36.7 Å². The molecule has 118 valence electrons. The fourth-order valence-electron chi connectivity index (χ4n) is 3.35. The summed E-state index contributed by atoms with van der Waals surface area (Å²) in [6.07, 6.45) is 0.280. The van der Waals surface area contributed by atoms with E-state index in [1.54, 1.807) is 6.92 Å². The predicted molar refractivity (Wildman–Crippen MR) is 84.7 cm³/mol. The zero-order valence-corrected chi connectivity index (χ0v) is 15.5. The number of rotatable bonds is 6. The summed E-state index contributed by atoms with van der Waals surface area (Å²) >= 11 is 3.50. The summed E-state index contributed by atoms with van der Waals surface area (Å²) in [5.74, 6) is -1.12. The Hall–Kier alpha value is 0.537. The van der Waals surface area contributed by atoms with Crippen LogP contribution in [0.4, 0.5) is 0 Å². The number of hydrogen-bond acceptors (Lipinski definition) is 4. The van der Waals surface area contributed by atoms with Crippen LogP contribution in [0.25, 0.3) is 0 Å². The lowest BCUT2D eigenvalue weighted by Crippen LogP contribution is -2.60. The predicted octanol–water partition coefficient (Wildman–Crippen LogP) is 3.04. The molecule has 1 spiro atoms. The van der Waals surface area contributed by atoms with Gasteiger partial charge in [-0.1, -0.05) is 36.7 Å². The van der Waals surface area contributed by atoms with E-state index in [9.17, 15) is 5.11 Å². The van der Waals surface area contributed by atoms with E-state index in [1.807, 2.05) is 0 Å². The Balaban J connectivity index is 2.20. The van der Waals surface area contributed by atoms with Crippen LogP contribution in [0.1, 0.15) is 34.1 Å². The topological polar surface area (TPSA) is 51.2 Å². The van der Waals surface area contributed by atoms with E-state index in [-0.39, 0.29) is 17.8 Å². The van der Waals surface area contributed by atoms with Crippen LogP contribution < -0.4 is 0 Å². The van der Waals surface area contributed by atoms with Crippen molar-refractivity contribution in [3.63, 3.8) is 0 Å². The number of ether oxygens (including phenoxy) is 2. The first-order valence-corrected chi connectivity index (χ1v) is 11.3. The van der Waals surface area contributed by atoms with Gasteiger partial charge in [0.2, 0.25) is 0 Å². The molecule has 2 saturated heterocycles. The second kappa shape index (κ2) is 5.97. The van der Waals surface area contributed by atoms with E-state index in [1.165, 1.54) is 0 Å². The van der Waals surface area contributed by atoms with Gasteiger partial charge in [-0.25, -0.2) is 0 Å². The normalized spacial score (nSPS) is 41.1. The molecule has 2 heterocycles. The Morgan fingerprint density at radius 3 is 2.25 bits per heavy atom. The van der Waals surface area contributed by atoms with Crippen molar-refractivity contribution in [2.75, 3.05) is 11.9 Å². The zero-order chi connectivity index (χ0) is 15.0. The van der Waals surface area contributed by atoms with E-state index in [0.29, 0.717) is 18.4 Å². The van der Waals surface area contributed by atoms with Crippen LogP contribution in [0.3, 0.4) is 0 Å². The Morgan fingerprint density at radius 2 is 1.85 bits per heavy atom. The molecule has 2 aliphatic rings. The first-order chi connectivity index (χ1) is 9.36. The maximum atomic E-state index is 10.3. The lowest BCUT2D eigenvalue weighted by molar-refractivity contribution is -0.275. The van der Waals surface area contributed by atoms with E-state index >= 15 is 0 Å². The van der Waals surface area contributed by atoms with Gasteiger partial charge in [-0.3, -0.25) is 0 Å². The average Bonchev–Trinajstić information content (AvgIpc) is 3.17. The van der Waals surface area contributed by atoms with Crippen molar-refractivity contribution in [3.8, 4) is 0 Å². The van der Waals surface area contributed by atoms with Gasteiger partial charge in [-0.2, -0.15) is 0 Å². The van der Waals surface area contributed by atoms with Crippen LogP contribution in [0.15, 0.2) is 0 Å². The first-order valence-electron chi connectivity index (χ1n) is 7.64. The molecule has 0 saturated carbocycles. The van der Waals surface area contributed by atoms with Crippen molar-refractivity contribution in [2.45, 2.75) is 75.8 Å². The average molecular weight is 367 g/mol. The minimum absolute atomic E-state index is 0.0615. The molecule has 0 aromatic heterocycles. The summed E-state index contributed by atoms with van der Waals surface area (Å²) < 4.78 is 18.2. The second-order valence-corrected chi connectivity index (χ2v) is 11.7. The quantitative estimate of drug-likeness (QED) is 0.445. The SMILES string of the molecule is CC[Si](CC)(CC)O[C@@H]1[C@@H](CBr)O[C@](C)(O)C[C@@]12CO2. The maximum Gasteiger partial charge on any atom is 0.192 e. The molecule has 6 heteroatoms. The molecule has 0 bridgehead atoms. The Labute approximate surface area is 131 Å². The van der Waals surface area contributed by atoms with Gasteiger partial charge in [-0.05, 0) is 25.1 Å². The highest BCUT2D eigenvalue weighted by Gasteiger charge is 2.63. The fraction of sp³-hybridized carbons (Fsp3) is 1.00. The molecule has 20 heavy (non-hydrogen) atoms. The van der Waals surface area contributed by atoms with Crippen molar-refractivity contribution < 1.29 is 19.0 Å². The summed E-state index contributed by atoms with van der Waals surface area (Å²) in [7, 11) is -1.72. The third kappa shape index (κ3) is 3.15. The van der Waals surface area contributed by atoms with Crippen LogP contribution in [-0.2, 0) is 13.9 Å². The molecular formula is C14H27BrO4Si. The molecule has 0 unspecified atom stereocenters. The van der Waals surface area contributed by atoms with Crippen LogP contribution in [0.2, 0.25) is 18.1 Å². The molecular weight excluding hydrogens is 340 g/mol. The molecule has 2 rings (SSSR count). The number of hydrogen-bond donors (Lipinski definition) is 1. The molecule has 0 radical (unpaired) electrons. The molecule has 1 N–H and O–H groups in total. The van der Waals surface area contributed by atoms with E-state index in [0.717, 1.165) is 18.1 Å². The van der Waals surface area contributed by atoms with Crippen LogP contribution in [-0.4, -0.2) is 49.0 Å². The van der Waals surface area contributed by atoms with Crippen LogP contribution >= 0.6 is 15.9 Å². The van der Waals surface area contributed by atoms with Gasteiger partial charge >= 0.3 is 0 Å². The number of aliphatic hydroxyl groups is 1. The Kier molecular flexibility index (Phi) is 5.04. The van der Waals surface area contributed by atoms with Gasteiger partial charge in [0.1, 0.15) is 11.7 Å². The van der Waals surface area contributed by atoms with Crippen molar-refractivity contribution in [1.29, 1.82) is 0 Å². The van der Waals surface area contributed by atoms with E-state index < -0.39 is 14.1 Å². The highest BCUT2D eigenvalue weighted by Crippen LogP contribution is 2.48. The molecule has 0 aromatic carbocycles. The Morgan fingerprint density at radius 1 is 1.30 bits per heavy atom. The molecule has 2 aliphatic heterocycles. The second-order valence-electron chi connectivity index (χ2n) is 6.30. The minimum Gasteiger partial charge on any atom is -0.408 e. The first kappa shape index (κ1) is 16.9. The molecule has 4 nitrogen and oxygen atoms in total. The molecule has 2 fully saturated rings. The van der Waals surface area contributed by atoms with Gasteiger partial charge in [0.15, 0.2) is 14.1 Å². The third-order valence-corrected chi connectivity index (χ3v) is 10.1. The third-order valence-electron chi connectivity index (χ3n) is 4.87. The van der Waals surface area contributed by atoms with Crippen molar-refractivity contribution in [2.24, 2.45) is 0 Å². The lowest BCUT2D eigenvalue weighted by atomic mass is 9.88. The highest BCUT2D eigenvalue weighted by atomic mass is 79.9. The largest absolute Gasteiger partial charge is 0.408 e. The number of halogens is 1. The molecule has 4 atom stereocenters. The van der Waals surface area contributed by atoms with Gasteiger partial charge < -0.3 is 19.0 Å². The van der Waals surface area contributed by atoms with Gasteiger partial charge in [0, 0.05) is 11.8 Å². The van der Waals surface area contributed by atoms with Gasteiger partial charge in [0.25, 0.3) is 0 Å². The summed E-state index contributed by atoms with van der Waals surface area (Å²) in [5, 5.41) is 10.9. The smallest absolute Gasteiger partial charge is 0.192 e. The van der Waals surface area contributed by atoms with Crippen molar-refractivity contribution in [1.82, 2.24) is 0 Å². The van der Waals surface area contributed by atoms with Crippen molar-refractivity contribution in [3.05, 3.63) is 0 Å². The van der Waals surface area contributed by atoms with Gasteiger partial charge in [0.05, 0.1) is 12.7 Å². The van der Waals surface area contributed by atoms with Crippen LogP contribution in [0, 0.1) is 0 Å². The molecule has 0 aromatic rings. The van der Waals surface area contributed by atoms with Crippen LogP contribution in [0.5, 0.6) is 0 Å².